The third kappa shape index (κ3) is 7.39. The number of nitrogens with one attached hydrogen (secondary N) is 2. The van der Waals surface area contributed by atoms with Gasteiger partial charge in [0.2, 0.25) is 5.91 Å². The second-order valence-corrected chi connectivity index (χ2v) is 7.89. The van der Waals surface area contributed by atoms with Gasteiger partial charge >= 0.3 is 0 Å². The molecule has 0 radical (unpaired) electrons. The van der Waals surface area contributed by atoms with Crippen molar-refractivity contribution in [3.05, 3.63) is 29.8 Å². The van der Waals surface area contributed by atoms with E-state index in [9.17, 15) is 4.79 Å². The number of ether oxygens (including phenoxy) is 2. The van der Waals surface area contributed by atoms with Crippen LogP contribution < -0.4 is 10.6 Å². The molecule has 1 saturated heterocycles. The number of hydrogen-bond donors (Lipinski definition) is 2. The predicted octanol–water partition coefficient (Wildman–Crippen LogP) is 3.10. The first kappa shape index (κ1) is 24.9. The van der Waals surface area contributed by atoms with Gasteiger partial charge in [0.05, 0.1) is 19.8 Å². The van der Waals surface area contributed by atoms with Gasteiger partial charge in [0.15, 0.2) is 5.96 Å². The first-order valence-corrected chi connectivity index (χ1v) is 10.6. The standard InChI is InChI=1S/C22H34N4O3.HI/c1-23-22(26-10-9-18(15-26)16-29-12-11-28-2)24-14-17-5-3-8-20(13-17)25-21(27)19-6-4-7-19;/h3,5,8,13,18-19H,4,6-7,9-12,14-16H2,1-2H3,(H,23,24)(H,25,27);1H. The summed E-state index contributed by atoms with van der Waals surface area (Å²) in [6, 6.07) is 8.03. The number of carbonyl (C=O) groups is 1. The van der Waals surface area contributed by atoms with E-state index in [2.05, 4.69) is 26.6 Å². The van der Waals surface area contributed by atoms with Crippen LogP contribution >= 0.6 is 24.0 Å². The monoisotopic (exact) mass is 530 g/mol. The maximum Gasteiger partial charge on any atom is 0.227 e. The van der Waals surface area contributed by atoms with Crippen LogP contribution in [0.5, 0.6) is 0 Å². The van der Waals surface area contributed by atoms with Crippen molar-refractivity contribution >= 4 is 41.5 Å². The third-order valence-corrected chi connectivity index (χ3v) is 5.70. The number of benzene rings is 1. The average molecular weight is 530 g/mol. The number of guanidine groups is 1. The third-order valence-electron chi connectivity index (χ3n) is 5.70. The predicted molar refractivity (Wildman–Crippen MR) is 130 cm³/mol. The van der Waals surface area contributed by atoms with Crippen molar-refractivity contribution in [3.63, 3.8) is 0 Å². The van der Waals surface area contributed by atoms with Gasteiger partial charge in [0, 0.05) is 51.3 Å². The molecule has 0 aromatic heterocycles. The highest BCUT2D eigenvalue weighted by atomic mass is 127. The zero-order valence-corrected chi connectivity index (χ0v) is 20.4. The highest BCUT2D eigenvalue weighted by Gasteiger charge is 2.26. The van der Waals surface area contributed by atoms with Crippen LogP contribution in [-0.2, 0) is 20.8 Å². The number of methoxy groups -OCH3 is 1. The van der Waals surface area contributed by atoms with Crippen LogP contribution in [0.4, 0.5) is 5.69 Å². The van der Waals surface area contributed by atoms with E-state index in [-0.39, 0.29) is 35.8 Å². The van der Waals surface area contributed by atoms with Crippen molar-refractivity contribution in [3.8, 4) is 0 Å². The molecular formula is C22H35IN4O3. The fraction of sp³-hybridized carbons (Fsp3) is 0.636. The molecule has 1 heterocycles. The largest absolute Gasteiger partial charge is 0.382 e. The topological polar surface area (TPSA) is 75.2 Å². The number of likely N-dealkylation sites (tertiary alicyclic amines) is 1. The van der Waals surface area contributed by atoms with Crippen LogP contribution in [-0.4, -0.2) is 63.8 Å². The van der Waals surface area contributed by atoms with Gasteiger partial charge in [-0.25, -0.2) is 0 Å². The molecular weight excluding hydrogens is 495 g/mol. The number of amides is 1. The summed E-state index contributed by atoms with van der Waals surface area (Å²) >= 11 is 0. The Labute approximate surface area is 197 Å². The molecule has 1 aliphatic heterocycles. The van der Waals surface area contributed by atoms with Crippen LogP contribution in [0, 0.1) is 11.8 Å². The van der Waals surface area contributed by atoms with Gasteiger partial charge in [0.25, 0.3) is 0 Å². The number of nitrogens with zero attached hydrogens (tertiary/aromatic N) is 2. The average Bonchev–Trinajstić information content (AvgIpc) is 3.13. The lowest BCUT2D eigenvalue weighted by atomic mass is 9.85. The second kappa shape index (κ2) is 13.1. The number of aliphatic imine (C=N–C) groups is 1. The summed E-state index contributed by atoms with van der Waals surface area (Å²) in [7, 11) is 3.51. The number of rotatable bonds is 9. The van der Waals surface area contributed by atoms with Gasteiger partial charge in [-0.05, 0) is 37.0 Å². The Morgan fingerprint density at radius 3 is 2.80 bits per heavy atom. The van der Waals surface area contributed by atoms with Crippen LogP contribution in [0.1, 0.15) is 31.2 Å². The SMILES string of the molecule is CN=C(NCc1cccc(NC(=O)C2CCC2)c1)N1CCC(COCCOC)C1.I. The minimum absolute atomic E-state index is 0. The van der Waals surface area contributed by atoms with E-state index in [1.165, 1.54) is 0 Å². The molecule has 1 unspecified atom stereocenters. The van der Waals surface area contributed by atoms with Gasteiger partial charge < -0.3 is 25.0 Å². The first-order valence-electron chi connectivity index (χ1n) is 10.6. The van der Waals surface area contributed by atoms with Crippen molar-refractivity contribution in [2.45, 2.75) is 32.2 Å². The molecule has 7 nitrogen and oxygen atoms in total. The lowest BCUT2D eigenvalue weighted by Gasteiger charge is -2.24. The summed E-state index contributed by atoms with van der Waals surface area (Å²) in [5.41, 5.74) is 1.99. The summed E-state index contributed by atoms with van der Waals surface area (Å²) in [5.74, 6) is 1.77. The lowest BCUT2D eigenvalue weighted by Crippen LogP contribution is -2.39. The summed E-state index contributed by atoms with van der Waals surface area (Å²) < 4.78 is 10.7. The molecule has 2 N–H and O–H groups in total. The molecule has 0 spiro atoms. The smallest absolute Gasteiger partial charge is 0.227 e. The fourth-order valence-corrected chi connectivity index (χ4v) is 3.74. The molecule has 0 bridgehead atoms. The summed E-state index contributed by atoms with van der Waals surface area (Å²) in [4.78, 5) is 18.9. The molecule has 2 aliphatic rings. The molecule has 1 atom stereocenters. The van der Waals surface area contributed by atoms with Crippen LogP contribution in [0.15, 0.2) is 29.3 Å². The molecule has 1 aromatic rings. The van der Waals surface area contributed by atoms with Gasteiger partial charge in [-0.3, -0.25) is 9.79 Å². The summed E-state index contributed by atoms with van der Waals surface area (Å²) in [6.07, 6.45) is 4.30. The van der Waals surface area contributed by atoms with Crippen molar-refractivity contribution in [2.24, 2.45) is 16.8 Å². The molecule has 1 aliphatic carbocycles. The first-order chi connectivity index (χ1) is 14.2. The normalized spacial score (nSPS) is 19.2. The van der Waals surface area contributed by atoms with E-state index in [1.54, 1.807) is 7.11 Å². The van der Waals surface area contributed by atoms with Crippen LogP contribution in [0.25, 0.3) is 0 Å². The molecule has 3 rings (SSSR count). The van der Waals surface area contributed by atoms with E-state index in [1.807, 2.05) is 25.2 Å². The molecule has 168 valence electrons. The van der Waals surface area contributed by atoms with Crippen molar-refractivity contribution < 1.29 is 14.3 Å². The second-order valence-electron chi connectivity index (χ2n) is 7.89. The molecule has 1 saturated carbocycles. The maximum atomic E-state index is 12.2. The molecule has 8 heteroatoms. The Balaban J connectivity index is 0.00000320. The van der Waals surface area contributed by atoms with Gasteiger partial charge in [-0.1, -0.05) is 18.6 Å². The van der Waals surface area contributed by atoms with Crippen molar-refractivity contribution in [1.82, 2.24) is 10.2 Å². The Morgan fingerprint density at radius 2 is 2.10 bits per heavy atom. The summed E-state index contributed by atoms with van der Waals surface area (Å²) in [5, 5.41) is 6.50. The van der Waals surface area contributed by atoms with Gasteiger partial charge in [-0.15, -0.1) is 24.0 Å². The molecule has 30 heavy (non-hydrogen) atoms. The Kier molecular flexibility index (Phi) is 10.9. The van der Waals surface area contributed by atoms with Crippen LogP contribution in [0.2, 0.25) is 0 Å². The Bertz CT molecular complexity index is 697. The Morgan fingerprint density at radius 1 is 1.27 bits per heavy atom. The number of anilines is 1. The lowest BCUT2D eigenvalue weighted by molar-refractivity contribution is -0.122. The minimum atomic E-state index is 0. The minimum Gasteiger partial charge on any atom is -0.382 e. The number of carbonyl (C=O) groups excluding carboxylic acids is 1. The van der Waals surface area contributed by atoms with E-state index >= 15 is 0 Å². The quantitative estimate of drug-likeness (QED) is 0.222. The molecule has 1 aromatic carbocycles. The molecule has 1 amide bonds. The Hall–Kier alpha value is -1.39. The highest BCUT2D eigenvalue weighted by Crippen LogP contribution is 2.27. The van der Waals surface area contributed by atoms with E-state index in [4.69, 9.17) is 9.47 Å². The summed E-state index contributed by atoms with van der Waals surface area (Å²) in [6.45, 7) is 4.65. The van der Waals surface area contributed by atoms with E-state index in [0.29, 0.717) is 25.7 Å². The number of hydrogen-bond acceptors (Lipinski definition) is 4. The van der Waals surface area contributed by atoms with E-state index in [0.717, 1.165) is 62.6 Å². The van der Waals surface area contributed by atoms with Gasteiger partial charge in [0.1, 0.15) is 0 Å². The van der Waals surface area contributed by atoms with E-state index < -0.39 is 0 Å². The fourth-order valence-electron chi connectivity index (χ4n) is 3.74. The zero-order chi connectivity index (χ0) is 20.5. The number of halogens is 1. The van der Waals surface area contributed by atoms with Crippen molar-refractivity contribution in [2.75, 3.05) is 52.4 Å². The van der Waals surface area contributed by atoms with Crippen molar-refractivity contribution in [1.29, 1.82) is 0 Å². The zero-order valence-electron chi connectivity index (χ0n) is 18.1. The maximum absolute atomic E-state index is 12.2. The van der Waals surface area contributed by atoms with Gasteiger partial charge in [-0.2, -0.15) is 0 Å². The molecule has 2 fully saturated rings. The highest BCUT2D eigenvalue weighted by molar-refractivity contribution is 14.0. The van der Waals surface area contributed by atoms with Crippen LogP contribution in [0.3, 0.4) is 0 Å².